The van der Waals surface area contributed by atoms with E-state index in [1.54, 1.807) is 6.07 Å². The van der Waals surface area contributed by atoms with Crippen LogP contribution in [0.4, 0.5) is 0 Å². The second-order valence-corrected chi connectivity index (χ2v) is 5.44. The van der Waals surface area contributed by atoms with Crippen molar-refractivity contribution < 1.29 is 15.0 Å². The maximum atomic E-state index is 10.6. The van der Waals surface area contributed by atoms with Crippen LogP contribution in [-0.2, 0) is 16.6 Å². The summed E-state index contributed by atoms with van der Waals surface area (Å²) in [6.45, 7) is 8.11. The lowest BCUT2D eigenvalue weighted by molar-refractivity contribution is -0.136. The number of hydrogen-bond acceptors (Lipinski definition) is 2. The Morgan fingerprint density at radius 3 is 2.35 bits per heavy atom. The molecule has 0 amide bonds. The summed E-state index contributed by atoms with van der Waals surface area (Å²) >= 11 is 0. The molecule has 1 aromatic carbocycles. The van der Waals surface area contributed by atoms with E-state index in [0.29, 0.717) is 6.42 Å². The monoisotopic (exact) mass is 236 g/mol. The Balaban J connectivity index is 3.17. The first kappa shape index (κ1) is 13.6. The molecule has 0 heterocycles. The van der Waals surface area contributed by atoms with Gasteiger partial charge in [-0.1, -0.05) is 26.8 Å². The molecule has 3 nitrogen and oxygen atoms in total. The molecule has 0 aliphatic carbocycles. The standard InChI is InChI=1S/C14H20O3/c1-9-7-11(14(2,3)4)10(8-12(9)15)5-6-13(16)17/h7-8,15H,5-6H2,1-4H3,(H,16,17). The highest BCUT2D eigenvalue weighted by Crippen LogP contribution is 2.31. The number of aliphatic carboxylic acids is 1. The van der Waals surface area contributed by atoms with Crippen molar-refractivity contribution in [3.05, 3.63) is 28.8 Å². The molecule has 0 radical (unpaired) electrons. The van der Waals surface area contributed by atoms with Crippen molar-refractivity contribution in [2.24, 2.45) is 0 Å². The summed E-state index contributed by atoms with van der Waals surface area (Å²) in [5, 5.41) is 18.4. The van der Waals surface area contributed by atoms with Crippen molar-refractivity contribution in [3.8, 4) is 5.75 Å². The third-order valence-electron chi connectivity index (χ3n) is 2.84. The van der Waals surface area contributed by atoms with Crippen LogP contribution in [0.2, 0.25) is 0 Å². The van der Waals surface area contributed by atoms with E-state index in [2.05, 4.69) is 20.8 Å². The third kappa shape index (κ3) is 3.48. The molecule has 0 spiro atoms. The van der Waals surface area contributed by atoms with Crippen LogP contribution in [0.1, 0.15) is 43.9 Å². The molecular formula is C14H20O3. The minimum Gasteiger partial charge on any atom is -0.508 e. The van der Waals surface area contributed by atoms with E-state index in [1.807, 2.05) is 13.0 Å². The van der Waals surface area contributed by atoms with E-state index in [4.69, 9.17) is 5.11 Å². The van der Waals surface area contributed by atoms with Crippen LogP contribution in [0.25, 0.3) is 0 Å². The molecule has 1 rings (SSSR count). The molecule has 1 aromatic rings. The summed E-state index contributed by atoms with van der Waals surface area (Å²) < 4.78 is 0. The van der Waals surface area contributed by atoms with Crippen LogP contribution >= 0.6 is 0 Å². The number of aromatic hydroxyl groups is 1. The van der Waals surface area contributed by atoms with Gasteiger partial charge in [-0.15, -0.1) is 0 Å². The number of aryl methyl sites for hydroxylation is 2. The van der Waals surface area contributed by atoms with Crippen molar-refractivity contribution in [1.82, 2.24) is 0 Å². The maximum Gasteiger partial charge on any atom is 0.303 e. The Kier molecular flexibility index (Phi) is 3.81. The predicted molar refractivity (Wildman–Crippen MR) is 67.5 cm³/mol. The van der Waals surface area contributed by atoms with Crippen molar-refractivity contribution in [2.75, 3.05) is 0 Å². The van der Waals surface area contributed by atoms with E-state index in [-0.39, 0.29) is 17.6 Å². The lowest BCUT2D eigenvalue weighted by atomic mass is 9.81. The van der Waals surface area contributed by atoms with Crippen LogP contribution < -0.4 is 0 Å². The fourth-order valence-electron chi connectivity index (χ4n) is 1.89. The Morgan fingerprint density at radius 1 is 1.29 bits per heavy atom. The van der Waals surface area contributed by atoms with Crippen LogP contribution in [0.15, 0.2) is 12.1 Å². The average molecular weight is 236 g/mol. The molecule has 0 aromatic heterocycles. The van der Waals surface area contributed by atoms with Crippen molar-refractivity contribution in [1.29, 1.82) is 0 Å². The molecule has 0 saturated carbocycles. The number of hydrogen-bond donors (Lipinski definition) is 2. The Morgan fingerprint density at radius 2 is 1.88 bits per heavy atom. The van der Waals surface area contributed by atoms with Crippen LogP contribution in [-0.4, -0.2) is 16.2 Å². The summed E-state index contributed by atoms with van der Waals surface area (Å²) in [4.78, 5) is 10.6. The summed E-state index contributed by atoms with van der Waals surface area (Å²) in [6.07, 6.45) is 0.543. The third-order valence-corrected chi connectivity index (χ3v) is 2.84. The van der Waals surface area contributed by atoms with Gasteiger partial charge in [0, 0.05) is 6.42 Å². The number of rotatable bonds is 3. The lowest BCUT2D eigenvalue weighted by Gasteiger charge is -2.24. The predicted octanol–water partition coefficient (Wildman–Crippen LogP) is 3.02. The number of phenolic OH excluding ortho intramolecular Hbond substituents is 1. The molecule has 17 heavy (non-hydrogen) atoms. The van der Waals surface area contributed by atoms with Gasteiger partial charge in [0.05, 0.1) is 0 Å². The van der Waals surface area contributed by atoms with Gasteiger partial charge in [-0.25, -0.2) is 0 Å². The lowest BCUT2D eigenvalue weighted by Crippen LogP contribution is -2.15. The van der Waals surface area contributed by atoms with Gasteiger partial charge >= 0.3 is 5.97 Å². The second kappa shape index (κ2) is 4.78. The fourth-order valence-corrected chi connectivity index (χ4v) is 1.89. The normalized spacial score (nSPS) is 11.5. The largest absolute Gasteiger partial charge is 0.508 e. The van der Waals surface area contributed by atoms with E-state index in [0.717, 1.165) is 16.7 Å². The smallest absolute Gasteiger partial charge is 0.303 e. The molecule has 94 valence electrons. The molecule has 0 bridgehead atoms. The van der Waals surface area contributed by atoms with Gasteiger partial charge in [0.25, 0.3) is 0 Å². The summed E-state index contributed by atoms with van der Waals surface area (Å²) in [7, 11) is 0. The van der Waals surface area contributed by atoms with Crippen molar-refractivity contribution >= 4 is 5.97 Å². The van der Waals surface area contributed by atoms with Crippen LogP contribution in [0, 0.1) is 6.92 Å². The topological polar surface area (TPSA) is 57.5 Å². The summed E-state index contributed by atoms with van der Waals surface area (Å²) in [6, 6.07) is 3.64. The van der Waals surface area contributed by atoms with E-state index in [9.17, 15) is 9.90 Å². The quantitative estimate of drug-likeness (QED) is 0.848. The molecule has 0 atom stereocenters. The molecule has 0 unspecified atom stereocenters. The number of benzene rings is 1. The van der Waals surface area contributed by atoms with E-state index in [1.165, 1.54) is 0 Å². The first-order valence-corrected chi connectivity index (χ1v) is 5.76. The van der Waals surface area contributed by atoms with Gasteiger partial charge in [0.1, 0.15) is 5.75 Å². The Bertz CT molecular complexity index is 428. The molecular weight excluding hydrogens is 216 g/mol. The van der Waals surface area contributed by atoms with E-state index < -0.39 is 5.97 Å². The highest BCUT2D eigenvalue weighted by molar-refractivity contribution is 5.67. The van der Waals surface area contributed by atoms with Gasteiger partial charge in [-0.05, 0) is 41.5 Å². The van der Waals surface area contributed by atoms with Gasteiger partial charge < -0.3 is 10.2 Å². The molecule has 2 N–H and O–H groups in total. The summed E-state index contributed by atoms with van der Waals surface area (Å²) in [5.41, 5.74) is 2.80. The molecule has 0 aliphatic rings. The summed E-state index contributed by atoms with van der Waals surface area (Å²) in [5.74, 6) is -0.580. The van der Waals surface area contributed by atoms with Gasteiger partial charge in [-0.3, -0.25) is 4.79 Å². The van der Waals surface area contributed by atoms with Gasteiger partial charge in [0.2, 0.25) is 0 Å². The first-order valence-electron chi connectivity index (χ1n) is 5.76. The van der Waals surface area contributed by atoms with Crippen LogP contribution in [0.5, 0.6) is 5.75 Å². The fraction of sp³-hybridized carbons (Fsp3) is 0.500. The maximum absolute atomic E-state index is 10.6. The minimum absolute atomic E-state index is 0.0493. The Labute approximate surface area is 102 Å². The minimum atomic E-state index is -0.815. The zero-order chi connectivity index (χ0) is 13.2. The molecule has 0 fully saturated rings. The zero-order valence-corrected chi connectivity index (χ0v) is 10.9. The second-order valence-electron chi connectivity index (χ2n) is 5.44. The SMILES string of the molecule is Cc1cc(C(C)(C)C)c(CCC(=O)O)cc1O. The zero-order valence-electron chi connectivity index (χ0n) is 10.9. The number of carboxylic acid groups (broad SMARTS) is 1. The highest BCUT2D eigenvalue weighted by atomic mass is 16.4. The number of carboxylic acids is 1. The van der Waals surface area contributed by atoms with E-state index >= 15 is 0 Å². The van der Waals surface area contributed by atoms with Gasteiger partial charge in [-0.2, -0.15) is 0 Å². The van der Waals surface area contributed by atoms with Gasteiger partial charge in [0.15, 0.2) is 0 Å². The number of carbonyl (C=O) groups is 1. The van der Waals surface area contributed by atoms with Crippen LogP contribution in [0.3, 0.4) is 0 Å². The Hall–Kier alpha value is -1.51. The molecule has 0 saturated heterocycles. The first-order chi connectivity index (χ1) is 7.71. The highest BCUT2D eigenvalue weighted by Gasteiger charge is 2.19. The van der Waals surface area contributed by atoms with Crippen molar-refractivity contribution in [3.63, 3.8) is 0 Å². The molecule has 0 aliphatic heterocycles. The molecule has 3 heteroatoms. The average Bonchev–Trinajstić information content (AvgIpc) is 2.17. The van der Waals surface area contributed by atoms with Crippen molar-refractivity contribution in [2.45, 2.75) is 46.0 Å². The number of phenols is 1.